The standard InChI is InChI=1S/C12H10ClFN2O/c13-5-8-4-11(17)16(7-8)12-9(6-15)2-1-3-10(12)14/h1-3,8H,4-5,7H2. The molecular formula is C12H10ClFN2O. The van der Waals surface area contributed by atoms with Crippen molar-refractivity contribution < 1.29 is 9.18 Å². The number of hydrogen-bond acceptors (Lipinski definition) is 2. The van der Waals surface area contributed by atoms with Gasteiger partial charge in [0.25, 0.3) is 0 Å². The van der Waals surface area contributed by atoms with Crippen molar-refractivity contribution >= 4 is 23.2 Å². The summed E-state index contributed by atoms with van der Waals surface area (Å²) in [5.41, 5.74) is 0.251. The van der Waals surface area contributed by atoms with Crippen molar-refractivity contribution in [3.05, 3.63) is 29.6 Å². The number of hydrogen-bond donors (Lipinski definition) is 0. The Balaban J connectivity index is 2.42. The summed E-state index contributed by atoms with van der Waals surface area (Å²) in [5, 5.41) is 8.93. The van der Waals surface area contributed by atoms with Crippen LogP contribution in [0.1, 0.15) is 12.0 Å². The van der Waals surface area contributed by atoms with Crippen molar-refractivity contribution in [2.24, 2.45) is 5.92 Å². The van der Waals surface area contributed by atoms with Gasteiger partial charge in [0.05, 0.1) is 11.3 Å². The molecule has 0 N–H and O–H groups in total. The molecule has 0 radical (unpaired) electrons. The molecule has 1 heterocycles. The Morgan fingerprint density at radius 3 is 2.94 bits per heavy atom. The van der Waals surface area contributed by atoms with Gasteiger partial charge in [-0.15, -0.1) is 11.6 Å². The van der Waals surface area contributed by atoms with Gasteiger partial charge in [-0.2, -0.15) is 5.26 Å². The molecule has 1 fully saturated rings. The fourth-order valence-corrected chi connectivity index (χ4v) is 2.19. The van der Waals surface area contributed by atoms with Crippen LogP contribution in [0.25, 0.3) is 0 Å². The molecule has 0 saturated carbocycles. The molecule has 1 aromatic carbocycles. The zero-order chi connectivity index (χ0) is 12.4. The molecule has 1 unspecified atom stereocenters. The molecule has 5 heteroatoms. The fourth-order valence-electron chi connectivity index (χ4n) is 1.98. The number of halogens is 2. The summed E-state index contributed by atoms with van der Waals surface area (Å²) in [4.78, 5) is 13.1. The van der Waals surface area contributed by atoms with Crippen molar-refractivity contribution in [3.8, 4) is 6.07 Å². The monoisotopic (exact) mass is 252 g/mol. The lowest BCUT2D eigenvalue weighted by Crippen LogP contribution is -2.26. The number of benzene rings is 1. The van der Waals surface area contributed by atoms with Gasteiger partial charge in [0.2, 0.25) is 5.91 Å². The van der Waals surface area contributed by atoms with E-state index in [9.17, 15) is 9.18 Å². The lowest BCUT2D eigenvalue weighted by molar-refractivity contribution is -0.117. The van der Waals surface area contributed by atoms with Gasteiger partial charge in [-0.1, -0.05) is 6.07 Å². The molecular weight excluding hydrogens is 243 g/mol. The van der Waals surface area contributed by atoms with Gasteiger partial charge >= 0.3 is 0 Å². The maximum absolute atomic E-state index is 13.7. The number of alkyl halides is 1. The topological polar surface area (TPSA) is 44.1 Å². The lowest BCUT2D eigenvalue weighted by Gasteiger charge is -2.18. The first-order valence-electron chi connectivity index (χ1n) is 5.22. The van der Waals surface area contributed by atoms with Crippen molar-refractivity contribution in [2.45, 2.75) is 6.42 Å². The van der Waals surface area contributed by atoms with E-state index >= 15 is 0 Å². The van der Waals surface area contributed by atoms with Crippen LogP contribution in [-0.2, 0) is 4.79 Å². The highest BCUT2D eigenvalue weighted by Gasteiger charge is 2.32. The van der Waals surface area contributed by atoms with Gasteiger partial charge in [-0.05, 0) is 18.1 Å². The second kappa shape index (κ2) is 4.72. The van der Waals surface area contributed by atoms with Crippen LogP contribution in [0.5, 0.6) is 0 Å². The number of carbonyl (C=O) groups is 1. The van der Waals surface area contributed by atoms with E-state index < -0.39 is 5.82 Å². The van der Waals surface area contributed by atoms with Crippen LogP contribution >= 0.6 is 11.6 Å². The summed E-state index contributed by atoms with van der Waals surface area (Å²) in [7, 11) is 0. The van der Waals surface area contributed by atoms with Crippen LogP contribution in [0.3, 0.4) is 0 Å². The highest BCUT2D eigenvalue weighted by Crippen LogP contribution is 2.30. The summed E-state index contributed by atoms with van der Waals surface area (Å²) in [6, 6.07) is 6.10. The van der Waals surface area contributed by atoms with Crippen LogP contribution in [0.2, 0.25) is 0 Å². The Hall–Kier alpha value is -1.60. The highest BCUT2D eigenvalue weighted by molar-refractivity contribution is 6.18. The molecule has 88 valence electrons. The molecule has 1 aliphatic rings. The predicted molar refractivity (Wildman–Crippen MR) is 62.3 cm³/mol. The Morgan fingerprint density at radius 1 is 1.59 bits per heavy atom. The minimum Gasteiger partial charge on any atom is -0.308 e. The Kier molecular flexibility index (Phi) is 3.30. The number of carbonyl (C=O) groups excluding carboxylic acids is 1. The zero-order valence-electron chi connectivity index (χ0n) is 8.99. The maximum Gasteiger partial charge on any atom is 0.227 e. The summed E-state index contributed by atoms with van der Waals surface area (Å²) >= 11 is 5.70. The maximum atomic E-state index is 13.7. The molecule has 0 bridgehead atoms. The average Bonchev–Trinajstić information content (AvgIpc) is 2.70. The van der Waals surface area contributed by atoms with Gasteiger partial charge < -0.3 is 4.90 Å². The Bertz CT molecular complexity index is 498. The molecule has 3 nitrogen and oxygen atoms in total. The van der Waals surface area contributed by atoms with Gasteiger partial charge in [-0.3, -0.25) is 4.79 Å². The second-order valence-electron chi connectivity index (χ2n) is 3.98. The minimum absolute atomic E-state index is 0.0234. The summed E-state index contributed by atoms with van der Waals surface area (Å²) in [6.07, 6.45) is 0.308. The number of nitriles is 1. The van der Waals surface area contributed by atoms with Crippen molar-refractivity contribution in [1.82, 2.24) is 0 Å². The van der Waals surface area contributed by atoms with Gasteiger partial charge in [0.15, 0.2) is 0 Å². The van der Waals surface area contributed by atoms with Crippen LogP contribution in [0, 0.1) is 23.1 Å². The first-order chi connectivity index (χ1) is 8.17. The SMILES string of the molecule is N#Cc1cccc(F)c1N1CC(CCl)CC1=O. The number of nitrogens with zero attached hydrogens (tertiary/aromatic N) is 2. The molecule has 1 aromatic rings. The molecule has 0 aromatic heterocycles. The average molecular weight is 253 g/mol. The summed E-state index contributed by atoms with van der Waals surface area (Å²) in [5.74, 6) is -0.348. The summed E-state index contributed by atoms with van der Waals surface area (Å²) in [6.45, 7) is 0.373. The molecule has 1 saturated heterocycles. The van der Waals surface area contributed by atoms with E-state index in [2.05, 4.69) is 0 Å². The van der Waals surface area contributed by atoms with E-state index in [1.54, 1.807) is 0 Å². The molecule has 1 aliphatic heterocycles. The second-order valence-corrected chi connectivity index (χ2v) is 4.29. The first-order valence-corrected chi connectivity index (χ1v) is 5.75. The predicted octanol–water partition coefficient (Wildman–Crippen LogP) is 2.29. The number of para-hydroxylation sites is 1. The number of anilines is 1. The largest absolute Gasteiger partial charge is 0.308 e. The quantitative estimate of drug-likeness (QED) is 0.758. The minimum atomic E-state index is -0.548. The van der Waals surface area contributed by atoms with Crippen molar-refractivity contribution in [2.75, 3.05) is 17.3 Å². The number of amides is 1. The van der Waals surface area contributed by atoms with Crippen LogP contribution in [0.15, 0.2) is 18.2 Å². The van der Waals surface area contributed by atoms with E-state index in [4.69, 9.17) is 16.9 Å². The molecule has 1 atom stereocenters. The van der Waals surface area contributed by atoms with Gasteiger partial charge in [-0.25, -0.2) is 4.39 Å². The Labute approximate surface area is 103 Å². The first kappa shape index (κ1) is 11.9. The van der Waals surface area contributed by atoms with E-state index in [1.165, 1.54) is 23.1 Å². The highest BCUT2D eigenvalue weighted by atomic mass is 35.5. The molecule has 0 spiro atoms. The molecule has 0 aliphatic carbocycles. The Morgan fingerprint density at radius 2 is 2.35 bits per heavy atom. The third-order valence-corrected chi connectivity index (χ3v) is 3.24. The van der Waals surface area contributed by atoms with Crippen LogP contribution in [-0.4, -0.2) is 18.3 Å². The molecule has 2 rings (SSSR count). The van der Waals surface area contributed by atoms with Crippen LogP contribution in [0.4, 0.5) is 10.1 Å². The van der Waals surface area contributed by atoms with Crippen LogP contribution < -0.4 is 4.90 Å². The van der Waals surface area contributed by atoms with Crippen molar-refractivity contribution in [1.29, 1.82) is 5.26 Å². The zero-order valence-corrected chi connectivity index (χ0v) is 9.75. The van der Waals surface area contributed by atoms with Crippen molar-refractivity contribution in [3.63, 3.8) is 0 Å². The number of rotatable bonds is 2. The van der Waals surface area contributed by atoms with E-state index in [1.807, 2.05) is 6.07 Å². The smallest absolute Gasteiger partial charge is 0.227 e. The summed E-state index contributed by atoms with van der Waals surface area (Å²) < 4.78 is 13.7. The third-order valence-electron chi connectivity index (χ3n) is 2.80. The third kappa shape index (κ3) is 2.11. The van der Waals surface area contributed by atoms with E-state index in [0.717, 1.165) is 0 Å². The fraction of sp³-hybridized carbons (Fsp3) is 0.333. The van der Waals surface area contributed by atoms with Gasteiger partial charge in [0.1, 0.15) is 11.9 Å². The molecule has 17 heavy (non-hydrogen) atoms. The van der Waals surface area contributed by atoms with E-state index in [-0.39, 0.29) is 23.1 Å². The van der Waals surface area contributed by atoms with E-state index in [0.29, 0.717) is 18.8 Å². The molecule has 1 amide bonds. The lowest BCUT2D eigenvalue weighted by atomic mass is 10.1. The normalized spacial score (nSPS) is 19.5. The van der Waals surface area contributed by atoms with Gasteiger partial charge in [0, 0.05) is 18.8 Å².